The molecule has 0 aliphatic carbocycles. The van der Waals surface area contributed by atoms with E-state index >= 15 is 0 Å². The first kappa shape index (κ1) is 17.4. The largest absolute Gasteiger partial charge is 0.481 e. The molecule has 1 rings (SSSR count). The maximum atomic E-state index is 13.7. The van der Waals surface area contributed by atoms with Crippen LogP contribution in [0.1, 0.15) is 37.0 Å². The molecule has 1 unspecified atom stereocenters. The van der Waals surface area contributed by atoms with Gasteiger partial charge in [-0.15, -0.1) is 0 Å². The minimum Gasteiger partial charge on any atom is -0.481 e. The number of halogens is 2. The highest BCUT2D eigenvalue weighted by Crippen LogP contribution is 2.18. The van der Waals surface area contributed by atoms with Crippen molar-refractivity contribution in [1.29, 1.82) is 0 Å². The van der Waals surface area contributed by atoms with Crippen molar-refractivity contribution < 1.29 is 19.1 Å². The smallest absolute Gasteiger partial charge is 0.303 e. The third kappa shape index (κ3) is 5.71. The van der Waals surface area contributed by atoms with Crippen LogP contribution in [0.15, 0.2) is 18.2 Å². The van der Waals surface area contributed by atoms with Crippen LogP contribution in [-0.4, -0.2) is 23.5 Å². The Labute approximate surface area is 128 Å². The first-order valence-electron chi connectivity index (χ1n) is 6.75. The molecule has 1 aromatic carbocycles. The van der Waals surface area contributed by atoms with E-state index in [1.54, 1.807) is 0 Å². The molecule has 0 spiro atoms. The summed E-state index contributed by atoms with van der Waals surface area (Å²) in [6.07, 6.45) is 0.640. The molecule has 0 aromatic heterocycles. The quantitative estimate of drug-likeness (QED) is 0.811. The fourth-order valence-corrected chi connectivity index (χ4v) is 2.34. The van der Waals surface area contributed by atoms with E-state index < -0.39 is 17.7 Å². The Morgan fingerprint density at radius 2 is 2.05 bits per heavy atom. The molecule has 0 saturated carbocycles. The van der Waals surface area contributed by atoms with Gasteiger partial charge in [0.05, 0.1) is 10.6 Å². The fraction of sp³-hybridized carbons (Fsp3) is 0.467. The monoisotopic (exact) mass is 315 g/mol. The zero-order chi connectivity index (χ0) is 16.0. The van der Waals surface area contributed by atoms with Gasteiger partial charge in [-0.25, -0.2) is 4.39 Å². The predicted molar refractivity (Wildman–Crippen MR) is 78.9 cm³/mol. The van der Waals surface area contributed by atoms with Gasteiger partial charge in [0.15, 0.2) is 5.82 Å². The second-order valence-electron chi connectivity index (χ2n) is 5.40. The molecule has 0 aliphatic rings. The lowest BCUT2D eigenvalue weighted by Crippen LogP contribution is -2.31. The zero-order valence-corrected chi connectivity index (χ0v) is 12.8. The Balaban J connectivity index is 2.68. The molecular weight excluding hydrogens is 297 g/mol. The van der Waals surface area contributed by atoms with Crippen LogP contribution in [0.25, 0.3) is 0 Å². The van der Waals surface area contributed by atoms with Crippen molar-refractivity contribution in [1.82, 2.24) is 5.32 Å². The molecule has 0 radical (unpaired) electrons. The first-order valence-corrected chi connectivity index (χ1v) is 7.13. The molecule has 2 N–H and O–H groups in total. The van der Waals surface area contributed by atoms with Gasteiger partial charge in [-0.3, -0.25) is 9.59 Å². The number of hydrogen-bond acceptors (Lipinski definition) is 2. The average Bonchev–Trinajstić information content (AvgIpc) is 2.37. The van der Waals surface area contributed by atoms with Gasteiger partial charge in [0.1, 0.15) is 0 Å². The molecule has 116 valence electrons. The van der Waals surface area contributed by atoms with Crippen molar-refractivity contribution >= 4 is 23.5 Å². The lowest BCUT2D eigenvalue weighted by atomic mass is 9.94. The summed E-state index contributed by atoms with van der Waals surface area (Å²) in [6, 6.07) is 4.19. The highest BCUT2D eigenvalue weighted by molar-refractivity contribution is 6.31. The van der Waals surface area contributed by atoms with E-state index in [1.807, 2.05) is 13.8 Å². The topological polar surface area (TPSA) is 66.4 Å². The second kappa shape index (κ2) is 7.98. The van der Waals surface area contributed by atoms with Gasteiger partial charge in [0.25, 0.3) is 5.91 Å². The standard InChI is InChI=1S/C15H19ClFNO3/c1-9(2)6-10(7-13(19)20)8-18-15(21)11-4-3-5-12(16)14(11)17/h3-5,9-10H,6-8H2,1-2H3,(H,18,21)(H,19,20). The predicted octanol–water partition coefficient (Wildman–Crippen LogP) is 3.35. The molecule has 0 saturated heterocycles. The van der Waals surface area contributed by atoms with Crippen molar-refractivity contribution in [2.75, 3.05) is 6.54 Å². The maximum Gasteiger partial charge on any atom is 0.303 e. The summed E-state index contributed by atoms with van der Waals surface area (Å²) in [6.45, 7) is 4.15. The van der Waals surface area contributed by atoms with Crippen molar-refractivity contribution in [2.45, 2.75) is 26.7 Å². The highest BCUT2D eigenvalue weighted by atomic mass is 35.5. The molecule has 4 nitrogen and oxygen atoms in total. The number of amides is 1. The Bertz CT molecular complexity index is 520. The summed E-state index contributed by atoms with van der Waals surface area (Å²) in [7, 11) is 0. The van der Waals surface area contributed by atoms with E-state index in [0.29, 0.717) is 12.3 Å². The minimum atomic E-state index is -0.913. The highest BCUT2D eigenvalue weighted by Gasteiger charge is 2.18. The van der Waals surface area contributed by atoms with E-state index in [4.69, 9.17) is 16.7 Å². The van der Waals surface area contributed by atoms with Crippen LogP contribution in [0.2, 0.25) is 5.02 Å². The Hall–Kier alpha value is -1.62. The third-order valence-corrected chi connectivity index (χ3v) is 3.31. The van der Waals surface area contributed by atoms with Crippen LogP contribution in [0.3, 0.4) is 0 Å². The van der Waals surface area contributed by atoms with Gasteiger partial charge in [-0.05, 0) is 30.4 Å². The molecule has 21 heavy (non-hydrogen) atoms. The van der Waals surface area contributed by atoms with Gasteiger partial charge >= 0.3 is 5.97 Å². The number of carbonyl (C=O) groups excluding carboxylic acids is 1. The molecule has 1 aromatic rings. The van der Waals surface area contributed by atoms with E-state index in [0.717, 1.165) is 0 Å². The van der Waals surface area contributed by atoms with Gasteiger partial charge in [0.2, 0.25) is 0 Å². The van der Waals surface area contributed by atoms with E-state index in [1.165, 1.54) is 18.2 Å². The van der Waals surface area contributed by atoms with E-state index in [9.17, 15) is 14.0 Å². The summed E-state index contributed by atoms with van der Waals surface area (Å²) in [4.78, 5) is 22.8. The summed E-state index contributed by atoms with van der Waals surface area (Å²) >= 11 is 5.63. The maximum absolute atomic E-state index is 13.7. The molecule has 0 heterocycles. The van der Waals surface area contributed by atoms with Crippen LogP contribution >= 0.6 is 11.6 Å². The van der Waals surface area contributed by atoms with E-state index in [2.05, 4.69) is 5.32 Å². The van der Waals surface area contributed by atoms with Crippen molar-refractivity contribution in [2.24, 2.45) is 11.8 Å². The molecule has 0 aliphatic heterocycles. The van der Waals surface area contributed by atoms with E-state index in [-0.39, 0.29) is 29.5 Å². The van der Waals surface area contributed by atoms with Crippen LogP contribution in [0.4, 0.5) is 4.39 Å². The minimum absolute atomic E-state index is 0.0313. The number of carbonyl (C=O) groups is 2. The van der Waals surface area contributed by atoms with Crippen LogP contribution in [0.5, 0.6) is 0 Å². The summed E-state index contributed by atoms with van der Waals surface area (Å²) in [5.41, 5.74) is -0.138. The molecule has 1 amide bonds. The van der Waals surface area contributed by atoms with Gasteiger partial charge in [-0.2, -0.15) is 0 Å². The number of hydrogen-bond donors (Lipinski definition) is 2. The van der Waals surface area contributed by atoms with Crippen molar-refractivity contribution in [3.8, 4) is 0 Å². The van der Waals surface area contributed by atoms with Crippen LogP contribution < -0.4 is 5.32 Å². The Morgan fingerprint density at radius 3 is 2.62 bits per heavy atom. The lowest BCUT2D eigenvalue weighted by Gasteiger charge is -2.18. The number of aliphatic carboxylic acids is 1. The van der Waals surface area contributed by atoms with Crippen LogP contribution in [0, 0.1) is 17.7 Å². The van der Waals surface area contributed by atoms with Crippen molar-refractivity contribution in [3.63, 3.8) is 0 Å². The lowest BCUT2D eigenvalue weighted by molar-refractivity contribution is -0.138. The number of carboxylic acid groups (broad SMARTS) is 1. The Kier molecular flexibility index (Phi) is 6.62. The SMILES string of the molecule is CC(C)CC(CNC(=O)c1cccc(Cl)c1F)CC(=O)O. The average molecular weight is 316 g/mol. The molecule has 0 bridgehead atoms. The fourth-order valence-electron chi connectivity index (χ4n) is 2.16. The van der Waals surface area contributed by atoms with Crippen molar-refractivity contribution in [3.05, 3.63) is 34.6 Å². The summed E-state index contributed by atoms with van der Waals surface area (Å²) < 4.78 is 13.7. The Morgan fingerprint density at radius 1 is 1.38 bits per heavy atom. The molecular formula is C15H19ClFNO3. The van der Waals surface area contributed by atoms with Gasteiger partial charge in [-0.1, -0.05) is 31.5 Å². The normalized spacial score (nSPS) is 12.2. The molecule has 1 atom stereocenters. The number of carboxylic acids is 1. The first-order chi connectivity index (χ1) is 9.81. The second-order valence-corrected chi connectivity index (χ2v) is 5.81. The molecule has 6 heteroatoms. The summed E-state index contributed by atoms with van der Waals surface area (Å²) in [5.74, 6) is -2.14. The number of benzene rings is 1. The van der Waals surface area contributed by atoms with Gasteiger partial charge in [0, 0.05) is 13.0 Å². The van der Waals surface area contributed by atoms with Gasteiger partial charge < -0.3 is 10.4 Å². The van der Waals surface area contributed by atoms with Crippen LogP contribution in [-0.2, 0) is 4.79 Å². The third-order valence-electron chi connectivity index (χ3n) is 3.02. The number of nitrogens with one attached hydrogen (secondary N) is 1. The number of rotatable bonds is 7. The summed E-state index contributed by atoms with van der Waals surface area (Å²) in [5, 5.41) is 11.3. The zero-order valence-electron chi connectivity index (χ0n) is 12.0. The molecule has 0 fully saturated rings.